The third-order valence-electron chi connectivity index (χ3n) is 10.3. The van der Waals surface area contributed by atoms with Gasteiger partial charge in [-0.15, -0.1) is 0 Å². The predicted molar refractivity (Wildman–Crippen MR) is 194 cm³/mol. The molecule has 2 aliphatic rings. The number of rotatable bonds is 3. The molecule has 0 unspecified atom stereocenters. The summed E-state index contributed by atoms with van der Waals surface area (Å²) in [7, 11) is 0. The second-order valence-electron chi connectivity index (χ2n) is 12.8. The first-order valence-electron chi connectivity index (χ1n) is 16.3. The van der Waals surface area contributed by atoms with E-state index in [1.807, 2.05) is 0 Å². The van der Waals surface area contributed by atoms with Crippen LogP contribution in [0.15, 0.2) is 158 Å². The standard InChI is InChI=1S/C46H30/c1-2-11-29(12-3-1)45-38-15-6-8-17-40(38)46(41-18-9-7-16-39(41)45)34-24-23-32-25-31-21-22-33(26-42(31)43(32)28-34)36-19-10-20-37-35-14-5-4-13-30(35)27-44(36)37/h1-24,26,28H,25,27H2. The summed E-state index contributed by atoms with van der Waals surface area (Å²) in [6.07, 6.45) is 1.98. The first kappa shape index (κ1) is 25.6. The molecule has 0 heteroatoms. The van der Waals surface area contributed by atoms with Gasteiger partial charge in [0.05, 0.1) is 0 Å². The Morgan fingerprint density at radius 2 is 0.783 bits per heavy atom. The first-order valence-corrected chi connectivity index (χ1v) is 16.3. The van der Waals surface area contributed by atoms with E-state index < -0.39 is 0 Å². The zero-order chi connectivity index (χ0) is 30.2. The molecule has 8 aromatic rings. The number of fused-ring (bicyclic) bond motifs is 8. The molecule has 0 fully saturated rings. The van der Waals surface area contributed by atoms with Gasteiger partial charge in [0.25, 0.3) is 0 Å². The molecular weight excluding hydrogens is 553 g/mol. The third kappa shape index (κ3) is 3.74. The maximum atomic E-state index is 2.46. The average Bonchev–Trinajstić information content (AvgIpc) is 3.68. The van der Waals surface area contributed by atoms with Crippen LogP contribution in [0, 0.1) is 0 Å². The predicted octanol–water partition coefficient (Wildman–Crippen LogP) is 12.1. The van der Waals surface area contributed by atoms with Gasteiger partial charge in [-0.05, 0) is 124 Å². The molecule has 0 saturated heterocycles. The lowest BCUT2D eigenvalue weighted by Crippen LogP contribution is -1.91. The normalized spacial score (nSPS) is 12.6. The Morgan fingerprint density at radius 1 is 0.283 bits per heavy atom. The van der Waals surface area contributed by atoms with Crippen molar-refractivity contribution in [2.75, 3.05) is 0 Å². The van der Waals surface area contributed by atoms with Crippen molar-refractivity contribution in [2.45, 2.75) is 12.8 Å². The fourth-order valence-electron chi connectivity index (χ4n) is 8.27. The van der Waals surface area contributed by atoms with Gasteiger partial charge in [-0.1, -0.05) is 146 Å². The van der Waals surface area contributed by atoms with E-state index in [9.17, 15) is 0 Å². The maximum Gasteiger partial charge on any atom is -0.000729 e. The summed E-state index contributed by atoms with van der Waals surface area (Å²) < 4.78 is 0. The molecule has 10 rings (SSSR count). The largest absolute Gasteiger partial charge is 0.0622 e. The quantitative estimate of drug-likeness (QED) is 0.182. The zero-order valence-corrected chi connectivity index (χ0v) is 25.4. The minimum atomic E-state index is 0.984. The van der Waals surface area contributed by atoms with Gasteiger partial charge in [-0.3, -0.25) is 0 Å². The summed E-state index contributed by atoms with van der Waals surface area (Å²) in [6, 6.07) is 58.8. The molecule has 46 heavy (non-hydrogen) atoms. The first-order chi connectivity index (χ1) is 22.8. The number of hydrogen-bond donors (Lipinski definition) is 0. The molecule has 8 aromatic carbocycles. The number of hydrogen-bond acceptors (Lipinski definition) is 0. The van der Waals surface area contributed by atoms with Gasteiger partial charge in [-0.2, -0.15) is 0 Å². The van der Waals surface area contributed by atoms with E-state index in [4.69, 9.17) is 0 Å². The Hall–Kier alpha value is -5.72. The van der Waals surface area contributed by atoms with Crippen LogP contribution in [0.25, 0.3) is 77.2 Å². The summed E-state index contributed by atoms with van der Waals surface area (Å²) >= 11 is 0. The molecule has 0 N–H and O–H groups in total. The molecular formula is C46H30. The Labute approximate surface area is 269 Å². The molecule has 0 amide bonds. The Kier molecular flexibility index (Phi) is 5.50. The Balaban J connectivity index is 1.16. The van der Waals surface area contributed by atoms with Crippen LogP contribution in [0.5, 0.6) is 0 Å². The molecule has 0 spiro atoms. The maximum absolute atomic E-state index is 2.46. The summed E-state index contributed by atoms with van der Waals surface area (Å²) in [5.74, 6) is 0. The van der Waals surface area contributed by atoms with Crippen molar-refractivity contribution in [1.82, 2.24) is 0 Å². The van der Waals surface area contributed by atoms with Crippen molar-refractivity contribution in [3.05, 3.63) is 180 Å². The fourth-order valence-corrected chi connectivity index (χ4v) is 8.27. The monoisotopic (exact) mass is 582 g/mol. The second kappa shape index (κ2) is 9.89. The van der Waals surface area contributed by atoms with Crippen molar-refractivity contribution in [3.8, 4) is 55.6 Å². The zero-order valence-electron chi connectivity index (χ0n) is 25.4. The van der Waals surface area contributed by atoms with E-state index in [0.717, 1.165) is 12.8 Å². The molecule has 0 aromatic heterocycles. The summed E-state index contributed by atoms with van der Waals surface area (Å²) in [5.41, 5.74) is 19.0. The molecule has 0 heterocycles. The molecule has 0 radical (unpaired) electrons. The van der Waals surface area contributed by atoms with E-state index in [1.165, 1.54) is 99.4 Å². The third-order valence-corrected chi connectivity index (χ3v) is 10.3. The van der Waals surface area contributed by atoms with Crippen molar-refractivity contribution in [3.63, 3.8) is 0 Å². The van der Waals surface area contributed by atoms with E-state index in [2.05, 4.69) is 158 Å². The van der Waals surface area contributed by atoms with Crippen LogP contribution in [0.2, 0.25) is 0 Å². The molecule has 0 nitrogen and oxygen atoms in total. The summed E-state index contributed by atoms with van der Waals surface area (Å²) in [4.78, 5) is 0. The minimum absolute atomic E-state index is 0.984. The van der Waals surface area contributed by atoms with Gasteiger partial charge >= 0.3 is 0 Å². The lowest BCUT2D eigenvalue weighted by atomic mass is 9.85. The average molecular weight is 583 g/mol. The van der Waals surface area contributed by atoms with Crippen LogP contribution in [0.1, 0.15) is 22.3 Å². The minimum Gasteiger partial charge on any atom is -0.0622 e. The molecule has 0 aliphatic heterocycles. The van der Waals surface area contributed by atoms with Gasteiger partial charge < -0.3 is 0 Å². The van der Waals surface area contributed by atoms with Crippen molar-refractivity contribution < 1.29 is 0 Å². The van der Waals surface area contributed by atoms with Gasteiger partial charge in [0.2, 0.25) is 0 Å². The highest BCUT2D eigenvalue weighted by Crippen LogP contribution is 2.47. The van der Waals surface area contributed by atoms with Gasteiger partial charge in [0, 0.05) is 0 Å². The van der Waals surface area contributed by atoms with E-state index >= 15 is 0 Å². The van der Waals surface area contributed by atoms with Crippen LogP contribution in [0.4, 0.5) is 0 Å². The smallest absolute Gasteiger partial charge is 0.000729 e. The van der Waals surface area contributed by atoms with Gasteiger partial charge in [0.1, 0.15) is 0 Å². The second-order valence-corrected chi connectivity index (χ2v) is 12.8. The molecule has 0 atom stereocenters. The molecule has 0 saturated carbocycles. The van der Waals surface area contributed by atoms with Crippen molar-refractivity contribution >= 4 is 21.5 Å². The topological polar surface area (TPSA) is 0 Å². The van der Waals surface area contributed by atoms with Crippen molar-refractivity contribution in [1.29, 1.82) is 0 Å². The lowest BCUT2D eigenvalue weighted by molar-refractivity contribution is 1.25. The summed E-state index contributed by atoms with van der Waals surface area (Å²) in [6.45, 7) is 0. The van der Waals surface area contributed by atoms with E-state index in [0.29, 0.717) is 0 Å². The van der Waals surface area contributed by atoms with Crippen LogP contribution >= 0.6 is 0 Å². The van der Waals surface area contributed by atoms with Crippen LogP contribution in [-0.4, -0.2) is 0 Å². The Morgan fingerprint density at radius 3 is 1.48 bits per heavy atom. The number of benzene rings is 8. The lowest BCUT2D eigenvalue weighted by Gasteiger charge is -2.18. The van der Waals surface area contributed by atoms with Gasteiger partial charge in [-0.25, -0.2) is 0 Å². The van der Waals surface area contributed by atoms with Crippen LogP contribution in [-0.2, 0) is 12.8 Å². The van der Waals surface area contributed by atoms with E-state index in [-0.39, 0.29) is 0 Å². The SMILES string of the molecule is c1ccc(-c2c3ccccc3c(-c3ccc4c(c3)-c3cc(-c5cccc6c5Cc5ccccc5-6)ccc3C4)c3ccccc23)cc1. The van der Waals surface area contributed by atoms with Gasteiger partial charge in [0.15, 0.2) is 0 Å². The highest BCUT2D eigenvalue weighted by molar-refractivity contribution is 6.21. The molecule has 2 aliphatic carbocycles. The molecule has 0 bridgehead atoms. The van der Waals surface area contributed by atoms with Crippen molar-refractivity contribution in [2.24, 2.45) is 0 Å². The highest BCUT2D eigenvalue weighted by atomic mass is 14.3. The highest BCUT2D eigenvalue weighted by Gasteiger charge is 2.24. The van der Waals surface area contributed by atoms with E-state index in [1.54, 1.807) is 0 Å². The summed E-state index contributed by atoms with van der Waals surface area (Å²) in [5, 5.41) is 5.19. The fraction of sp³-hybridized carbons (Fsp3) is 0.0435. The Bertz CT molecular complexity index is 2460. The molecule has 214 valence electrons. The van der Waals surface area contributed by atoms with Crippen LogP contribution < -0.4 is 0 Å². The van der Waals surface area contributed by atoms with Crippen LogP contribution in [0.3, 0.4) is 0 Å².